The van der Waals surface area contributed by atoms with Crippen molar-refractivity contribution < 1.29 is 17.9 Å². The summed E-state index contributed by atoms with van der Waals surface area (Å²) in [5, 5.41) is 3.55. The molecule has 3 unspecified atom stereocenters. The van der Waals surface area contributed by atoms with Crippen LogP contribution in [0.3, 0.4) is 0 Å². The van der Waals surface area contributed by atoms with Crippen molar-refractivity contribution >= 4 is 0 Å². The van der Waals surface area contributed by atoms with Crippen molar-refractivity contribution in [3.8, 4) is 0 Å². The Labute approximate surface area is 119 Å². The van der Waals surface area contributed by atoms with Gasteiger partial charge in [0.2, 0.25) is 0 Å². The first kappa shape index (κ1) is 17.7. The monoisotopic (exact) mass is 296 g/mol. The van der Waals surface area contributed by atoms with E-state index in [0.29, 0.717) is 24.5 Å². The molecule has 0 aromatic rings. The van der Waals surface area contributed by atoms with Gasteiger partial charge in [-0.25, -0.2) is 0 Å². The van der Waals surface area contributed by atoms with E-state index < -0.39 is 12.8 Å². The first-order valence-electron chi connectivity index (χ1n) is 7.47. The topological polar surface area (TPSA) is 24.5 Å². The molecule has 0 aromatic heterocycles. The van der Waals surface area contributed by atoms with E-state index in [9.17, 15) is 13.2 Å². The summed E-state index contributed by atoms with van der Waals surface area (Å²) < 4.78 is 40.6. The van der Waals surface area contributed by atoms with Gasteiger partial charge in [0.1, 0.15) is 6.61 Å². The first-order valence-corrected chi connectivity index (χ1v) is 7.47. The van der Waals surface area contributed by atoms with Crippen LogP contribution in [0.4, 0.5) is 13.2 Å². The molecule has 3 nitrogen and oxygen atoms in total. The third-order valence-corrected chi connectivity index (χ3v) is 4.14. The lowest BCUT2D eigenvalue weighted by Gasteiger charge is -2.43. The first-order chi connectivity index (χ1) is 9.35. The minimum atomic E-state index is -4.23. The molecule has 1 aliphatic rings. The van der Waals surface area contributed by atoms with Crippen LogP contribution in [-0.4, -0.2) is 56.0 Å². The van der Waals surface area contributed by atoms with Gasteiger partial charge in [-0.2, -0.15) is 13.2 Å². The van der Waals surface area contributed by atoms with Crippen molar-refractivity contribution in [3.63, 3.8) is 0 Å². The lowest BCUT2D eigenvalue weighted by atomic mass is 9.87. The van der Waals surface area contributed by atoms with Crippen molar-refractivity contribution in [2.24, 2.45) is 5.92 Å². The van der Waals surface area contributed by atoms with E-state index in [0.717, 1.165) is 25.9 Å². The molecule has 3 atom stereocenters. The maximum absolute atomic E-state index is 12.0. The van der Waals surface area contributed by atoms with Crippen molar-refractivity contribution in [1.82, 2.24) is 10.2 Å². The van der Waals surface area contributed by atoms with Crippen LogP contribution in [-0.2, 0) is 4.74 Å². The van der Waals surface area contributed by atoms with Crippen LogP contribution in [0, 0.1) is 5.92 Å². The molecule has 0 radical (unpaired) electrons. The standard InChI is InChI=1S/C14H27F3N2O/c1-4-6-18-13-5-7-19(12(3)11(13)2)8-9-20-10-14(15,16)17/h11-13,18H,4-10H2,1-3H3. The van der Waals surface area contributed by atoms with E-state index in [4.69, 9.17) is 4.74 Å². The minimum absolute atomic E-state index is 0.142. The van der Waals surface area contributed by atoms with Crippen molar-refractivity contribution in [1.29, 1.82) is 0 Å². The van der Waals surface area contributed by atoms with Crippen molar-refractivity contribution in [2.75, 3.05) is 32.8 Å². The molecule has 1 fully saturated rings. The normalized spacial score (nSPS) is 28.8. The largest absolute Gasteiger partial charge is 0.411 e. The number of alkyl halides is 3. The van der Waals surface area contributed by atoms with Crippen LogP contribution in [0.15, 0.2) is 0 Å². The Morgan fingerprint density at radius 1 is 1.30 bits per heavy atom. The van der Waals surface area contributed by atoms with Gasteiger partial charge in [-0.15, -0.1) is 0 Å². The molecule has 1 heterocycles. The fourth-order valence-corrected chi connectivity index (χ4v) is 2.74. The van der Waals surface area contributed by atoms with Gasteiger partial charge in [-0.05, 0) is 32.2 Å². The van der Waals surface area contributed by atoms with E-state index in [1.54, 1.807) is 0 Å². The molecule has 1 saturated heterocycles. The third kappa shape index (κ3) is 5.97. The molecule has 0 spiro atoms. The molecule has 0 aromatic carbocycles. The van der Waals surface area contributed by atoms with Crippen LogP contribution in [0.25, 0.3) is 0 Å². The summed E-state index contributed by atoms with van der Waals surface area (Å²) in [6, 6.07) is 0.880. The molecule has 0 amide bonds. The van der Waals surface area contributed by atoms with Crippen molar-refractivity contribution in [3.05, 3.63) is 0 Å². The molecule has 120 valence electrons. The van der Waals surface area contributed by atoms with E-state index >= 15 is 0 Å². The zero-order valence-corrected chi connectivity index (χ0v) is 12.7. The molecule has 6 heteroatoms. The van der Waals surface area contributed by atoms with Crippen LogP contribution in [0.1, 0.15) is 33.6 Å². The molecule has 1 N–H and O–H groups in total. The predicted octanol–water partition coefficient (Wildman–Crippen LogP) is 2.66. The maximum Gasteiger partial charge on any atom is 0.411 e. The number of rotatable bonds is 7. The highest BCUT2D eigenvalue weighted by atomic mass is 19.4. The SMILES string of the molecule is CCCNC1CCN(CCOCC(F)(F)F)C(C)C1C. The van der Waals surface area contributed by atoms with Crippen molar-refractivity contribution in [2.45, 2.75) is 51.9 Å². The summed E-state index contributed by atoms with van der Waals surface area (Å²) >= 11 is 0. The zero-order chi connectivity index (χ0) is 15.2. The lowest BCUT2D eigenvalue weighted by Crippen LogP contribution is -2.54. The molecular formula is C14H27F3N2O. The van der Waals surface area contributed by atoms with E-state index in [1.807, 2.05) is 0 Å². The van der Waals surface area contributed by atoms with Gasteiger partial charge in [0.15, 0.2) is 0 Å². The second kappa shape index (κ2) is 8.20. The van der Waals surface area contributed by atoms with Crippen LogP contribution in [0.5, 0.6) is 0 Å². The van der Waals surface area contributed by atoms with E-state index in [2.05, 4.69) is 31.0 Å². The Hall–Kier alpha value is -0.330. The molecule has 0 bridgehead atoms. The molecule has 0 saturated carbocycles. The number of hydrogen-bond donors (Lipinski definition) is 1. The molecule has 1 rings (SSSR count). The third-order valence-electron chi connectivity index (χ3n) is 4.14. The number of halogens is 3. The summed E-state index contributed by atoms with van der Waals surface area (Å²) in [4.78, 5) is 2.23. The Morgan fingerprint density at radius 2 is 2.00 bits per heavy atom. The summed E-state index contributed by atoms with van der Waals surface area (Å²) in [7, 11) is 0. The van der Waals surface area contributed by atoms with E-state index in [-0.39, 0.29) is 6.61 Å². The summed E-state index contributed by atoms with van der Waals surface area (Å²) in [6.07, 6.45) is -2.06. The average molecular weight is 296 g/mol. The highest BCUT2D eigenvalue weighted by Gasteiger charge is 2.32. The molecule has 20 heavy (non-hydrogen) atoms. The summed E-state index contributed by atoms with van der Waals surface area (Å²) in [5.74, 6) is 0.498. The highest BCUT2D eigenvalue weighted by Crippen LogP contribution is 2.23. The average Bonchev–Trinajstić information content (AvgIpc) is 2.37. The Bertz CT molecular complexity index is 274. The number of hydrogen-bond acceptors (Lipinski definition) is 3. The second-order valence-corrected chi connectivity index (χ2v) is 5.65. The van der Waals surface area contributed by atoms with Gasteiger partial charge < -0.3 is 10.1 Å². The maximum atomic E-state index is 12.0. The van der Waals surface area contributed by atoms with Gasteiger partial charge in [0.25, 0.3) is 0 Å². The quantitative estimate of drug-likeness (QED) is 0.731. The van der Waals surface area contributed by atoms with Crippen LogP contribution in [0.2, 0.25) is 0 Å². The lowest BCUT2D eigenvalue weighted by molar-refractivity contribution is -0.175. The highest BCUT2D eigenvalue weighted by molar-refractivity contribution is 4.88. The Balaban J connectivity index is 2.28. The fraction of sp³-hybridized carbons (Fsp3) is 1.00. The van der Waals surface area contributed by atoms with Gasteiger partial charge in [-0.1, -0.05) is 13.8 Å². The number of likely N-dealkylation sites (tertiary alicyclic amines) is 1. The number of nitrogens with zero attached hydrogens (tertiary/aromatic N) is 1. The Morgan fingerprint density at radius 3 is 2.60 bits per heavy atom. The second-order valence-electron chi connectivity index (χ2n) is 5.65. The minimum Gasteiger partial charge on any atom is -0.371 e. The van der Waals surface area contributed by atoms with Crippen LogP contribution < -0.4 is 5.32 Å². The summed E-state index contributed by atoms with van der Waals surface area (Å²) in [6.45, 7) is 8.01. The molecule has 0 aliphatic carbocycles. The number of piperidine rings is 1. The van der Waals surface area contributed by atoms with Gasteiger partial charge in [-0.3, -0.25) is 4.90 Å². The number of nitrogens with one attached hydrogen (secondary N) is 1. The van der Waals surface area contributed by atoms with E-state index in [1.165, 1.54) is 0 Å². The smallest absolute Gasteiger partial charge is 0.371 e. The van der Waals surface area contributed by atoms with Gasteiger partial charge in [0, 0.05) is 25.2 Å². The molecule has 1 aliphatic heterocycles. The Kier molecular flexibility index (Phi) is 7.26. The number of ether oxygens (including phenoxy) is 1. The fourth-order valence-electron chi connectivity index (χ4n) is 2.74. The van der Waals surface area contributed by atoms with Gasteiger partial charge in [0.05, 0.1) is 6.61 Å². The summed E-state index contributed by atoms with van der Waals surface area (Å²) in [5.41, 5.74) is 0. The van der Waals surface area contributed by atoms with Gasteiger partial charge >= 0.3 is 6.18 Å². The van der Waals surface area contributed by atoms with Crippen LogP contribution >= 0.6 is 0 Å². The molecular weight excluding hydrogens is 269 g/mol. The predicted molar refractivity (Wildman–Crippen MR) is 73.8 cm³/mol. The zero-order valence-electron chi connectivity index (χ0n) is 12.7.